The molecule has 1 aromatic heterocycles. The first-order chi connectivity index (χ1) is 14.2. The molecule has 5 nitrogen and oxygen atoms in total. The number of rotatable bonds is 4. The molecule has 0 spiro atoms. The summed E-state index contributed by atoms with van der Waals surface area (Å²) in [5.41, 5.74) is 4.72. The average Bonchev–Trinajstić information content (AvgIpc) is 3.57. The number of ether oxygens (including phenoxy) is 1. The van der Waals surface area contributed by atoms with Crippen LogP contribution in [0.15, 0.2) is 48.3 Å². The van der Waals surface area contributed by atoms with Crippen molar-refractivity contribution in [2.24, 2.45) is 5.73 Å². The van der Waals surface area contributed by atoms with Crippen LogP contribution >= 0.6 is 0 Å². The Morgan fingerprint density at radius 3 is 2.70 bits per heavy atom. The number of anilines is 1. The molecule has 0 unspecified atom stereocenters. The van der Waals surface area contributed by atoms with Crippen molar-refractivity contribution in [3.05, 3.63) is 70.9 Å². The first kappa shape index (κ1) is 20.4. The zero-order chi connectivity index (χ0) is 21.5. The van der Waals surface area contributed by atoms with E-state index in [1.165, 1.54) is 25.1 Å². The number of hydrogen-bond donors (Lipinski definition) is 2. The number of hydrogen-bond acceptors (Lipinski definition) is 4. The van der Waals surface area contributed by atoms with Gasteiger partial charge >= 0.3 is 0 Å². The molecule has 2 heterocycles. The first-order valence-electron chi connectivity index (χ1n) is 9.71. The van der Waals surface area contributed by atoms with Gasteiger partial charge in [-0.2, -0.15) is 0 Å². The van der Waals surface area contributed by atoms with Crippen LogP contribution in [-0.2, 0) is 10.2 Å². The van der Waals surface area contributed by atoms with Gasteiger partial charge < -0.3 is 15.8 Å². The fourth-order valence-electron chi connectivity index (χ4n) is 3.63. The van der Waals surface area contributed by atoms with Crippen molar-refractivity contribution in [1.82, 2.24) is 4.98 Å². The fraction of sp³-hybridized carbons (Fsp3) is 0.364. The summed E-state index contributed by atoms with van der Waals surface area (Å²) in [6.45, 7) is 0.196. The number of benzene rings is 1. The molecule has 0 radical (unpaired) electrons. The van der Waals surface area contributed by atoms with E-state index in [1.807, 2.05) is 6.07 Å². The van der Waals surface area contributed by atoms with E-state index in [9.17, 15) is 18.0 Å². The second kappa shape index (κ2) is 7.43. The summed E-state index contributed by atoms with van der Waals surface area (Å²) >= 11 is 0. The molecule has 1 saturated carbocycles. The van der Waals surface area contributed by atoms with E-state index < -0.39 is 29.7 Å². The predicted octanol–water partition coefficient (Wildman–Crippen LogP) is 4.12. The van der Waals surface area contributed by atoms with E-state index in [0.717, 1.165) is 24.5 Å². The Bertz CT molecular complexity index is 1000. The molecule has 0 bridgehead atoms. The van der Waals surface area contributed by atoms with E-state index >= 15 is 0 Å². The lowest BCUT2D eigenvalue weighted by molar-refractivity contribution is -0.108. The van der Waals surface area contributed by atoms with Crippen LogP contribution < -0.4 is 11.1 Å². The zero-order valence-electron chi connectivity index (χ0n) is 16.4. The summed E-state index contributed by atoms with van der Waals surface area (Å²) in [5, 5.41) is 2.60. The van der Waals surface area contributed by atoms with Gasteiger partial charge in [-0.05, 0) is 61.6 Å². The van der Waals surface area contributed by atoms with E-state index in [0.29, 0.717) is 5.92 Å². The molecule has 2 aliphatic rings. The highest BCUT2D eigenvalue weighted by molar-refractivity contribution is 6.02. The van der Waals surface area contributed by atoms with Crippen LogP contribution in [0.3, 0.4) is 0 Å². The number of nitrogens with zero attached hydrogens (tertiary/aromatic N) is 1. The molecule has 2 aromatic rings. The molecule has 1 amide bonds. The van der Waals surface area contributed by atoms with Crippen LogP contribution in [-0.4, -0.2) is 30.0 Å². The Morgan fingerprint density at radius 2 is 2.03 bits per heavy atom. The molecule has 30 heavy (non-hydrogen) atoms. The number of alkyl halides is 2. The van der Waals surface area contributed by atoms with Gasteiger partial charge in [0.1, 0.15) is 23.5 Å². The lowest BCUT2D eigenvalue weighted by atomic mass is 9.73. The van der Waals surface area contributed by atoms with Crippen LogP contribution in [0.1, 0.15) is 47.3 Å². The topological polar surface area (TPSA) is 77.2 Å². The van der Waals surface area contributed by atoms with Gasteiger partial charge in [0.25, 0.3) is 11.8 Å². The molecule has 0 saturated heterocycles. The Hall–Kier alpha value is -2.87. The number of pyridine rings is 1. The van der Waals surface area contributed by atoms with Gasteiger partial charge in [0.15, 0.2) is 0 Å². The zero-order valence-corrected chi connectivity index (χ0v) is 16.4. The molecule has 158 valence electrons. The monoisotopic (exact) mass is 417 g/mol. The van der Waals surface area contributed by atoms with Crippen molar-refractivity contribution >= 4 is 11.6 Å². The highest BCUT2D eigenvalue weighted by Crippen LogP contribution is 2.46. The van der Waals surface area contributed by atoms with Gasteiger partial charge in [-0.15, -0.1) is 0 Å². The lowest BCUT2D eigenvalue weighted by Crippen LogP contribution is -2.49. The van der Waals surface area contributed by atoms with Crippen LogP contribution in [0.5, 0.6) is 0 Å². The lowest BCUT2D eigenvalue weighted by Gasteiger charge is -2.37. The smallest absolute Gasteiger partial charge is 0.285 e. The molecule has 3 N–H and O–H groups in total. The number of nitrogens with two attached hydrogens (primary N) is 1. The summed E-state index contributed by atoms with van der Waals surface area (Å²) < 4.78 is 49.3. The SMILES string of the molecule is C[C@]1(c2cc(NC(=O)c3ccc(C4CC4)cn3)ccc2F)C(N)=CCOCC1(F)F. The maximum Gasteiger partial charge on any atom is 0.285 e. The van der Waals surface area contributed by atoms with Crippen molar-refractivity contribution in [2.45, 2.75) is 37.0 Å². The third-order valence-corrected chi connectivity index (χ3v) is 5.84. The minimum absolute atomic E-state index is 0.0857. The summed E-state index contributed by atoms with van der Waals surface area (Å²) in [7, 11) is 0. The van der Waals surface area contributed by atoms with Gasteiger partial charge in [-0.3, -0.25) is 9.78 Å². The van der Waals surface area contributed by atoms with Gasteiger partial charge in [-0.25, -0.2) is 13.2 Å². The third kappa shape index (κ3) is 3.56. The quantitative estimate of drug-likeness (QED) is 0.785. The highest BCUT2D eigenvalue weighted by Gasteiger charge is 2.55. The number of allylic oxidation sites excluding steroid dienone is 1. The van der Waals surface area contributed by atoms with Crippen molar-refractivity contribution in [1.29, 1.82) is 0 Å². The summed E-state index contributed by atoms with van der Waals surface area (Å²) in [6, 6.07) is 7.01. The fourth-order valence-corrected chi connectivity index (χ4v) is 3.63. The van der Waals surface area contributed by atoms with E-state index in [2.05, 4.69) is 10.3 Å². The Morgan fingerprint density at radius 1 is 1.27 bits per heavy atom. The molecule has 1 atom stereocenters. The van der Waals surface area contributed by atoms with E-state index in [4.69, 9.17) is 10.5 Å². The molecule has 1 aromatic carbocycles. The summed E-state index contributed by atoms with van der Waals surface area (Å²) in [5.74, 6) is -4.30. The van der Waals surface area contributed by atoms with Crippen LogP contribution in [0.2, 0.25) is 0 Å². The van der Waals surface area contributed by atoms with E-state index in [-0.39, 0.29) is 29.2 Å². The predicted molar refractivity (Wildman–Crippen MR) is 106 cm³/mol. The largest absolute Gasteiger partial charge is 0.401 e. The second-order valence-electron chi connectivity index (χ2n) is 7.90. The summed E-state index contributed by atoms with van der Waals surface area (Å²) in [6.07, 6.45) is 5.23. The average molecular weight is 417 g/mol. The molecule has 1 aliphatic heterocycles. The van der Waals surface area contributed by atoms with Crippen LogP contribution in [0.4, 0.5) is 18.9 Å². The van der Waals surface area contributed by atoms with Crippen LogP contribution in [0.25, 0.3) is 0 Å². The van der Waals surface area contributed by atoms with Gasteiger partial charge in [-0.1, -0.05) is 6.07 Å². The normalized spacial score (nSPS) is 23.4. The first-order valence-corrected chi connectivity index (χ1v) is 9.71. The Balaban J connectivity index is 1.63. The number of carbonyl (C=O) groups is 1. The van der Waals surface area contributed by atoms with Gasteiger partial charge in [0.2, 0.25) is 0 Å². The Labute approximate surface area is 172 Å². The summed E-state index contributed by atoms with van der Waals surface area (Å²) in [4.78, 5) is 16.7. The molecular formula is C22H22F3N3O2. The second-order valence-corrected chi connectivity index (χ2v) is 7.90. The molecule has 1 aliphatic carbocycles. The van der Waals surface area contributed by atoms with Crippen molar-refractivity contribution in [2.75, 3.05) is 18.5 Å². The number of aromatic nitrogens is 1. The third-order valence-electron chi connectivity index (χ3n) is 5.84. The minimum atomic E-state index is -3.45. The van der Waals surface area contributed by atoms with E-state index in [1.54, 1.807) is 12.3 Å². The number of halogens is 3. The highest BCUT2D eigenvalue weighted by atomic mass is 19.3. The van der Waals surface area contributed by atoms with Crippen molar-refractivity contribution < 1.29 is 22.7 Å². The Kier molecular flexibility index (Phi) is 5.05. The maximum atomic E-state index is 14.9. The number of nitrogens with one attached hydrogen (secondary N) is 1. The van der Waals surface area contributed by atoms with Crippen molar-refractivity contribution in [3.63, 3.8) is 0 Å². The van der Waals surface area contributed by atoms with Crippen molar-refractivity contribution in [3.8, 4) is 0 Å². The number of carbonyl (C=O) groups excluding carboxylic acids is 1. The van der Waals surface area contributed by atoms with Gasteiger partial charge in [0, 0.05) is 23.1 Å². The number of amides is 1. The minimum Gasteiger partial charge on any atom is -0.401 e. The standard InChI is InChI=1S/C22H22F3N3O2/c1-21(19(26)8-9-30-12-22(21,24)25)16-10-15(5-6-17(16)23)28-20(29)18-7-4-14(11-27-18)13-2-3-13/h4-8,10-11,13H,2-3,9,12,26H2,1H3,(H,28,29)/t21-/m0/s1. The molecule has 4 rings (SSSR count). The maximum absolute atomic E-state index is 14.9. The molecular weight excluding hydrogens is 395 g/mol. The molecule has 8 heteroatoms. The molecule has 1 fully saturated rings. The van der Waals surface area contributed by atoms with Gasteiger partial charge in [0.05, 0.1) is 6.61 Å². The van der Waals surface area contributed by atoms with Crippen LogP contribution in [0, 0.1) is 5.82 Å².